The van der Waals surface area contributed by atoms with E-state index in [-0.39, 0.29) is 1.43 Å². The largest absolute Gasteiger partial charge is 1.00 e. The molecule has 0 radical (unpaired) electrons. The van der Waals surface area contributed by atoms with Gasteiger partial charge in [-0.25, -0.2) is 0 Å². The Morgan fingerprint density at radius 3 is 2.71 bits per heavy atom. The van der Waals surface area contributed by atoms with Crippen LogP contribution in [0.1, 0.15) is 7.12 Å². The van der Waals surface area contributed by atoms with E-state index in [4.69, 9.17) is 0 Å². The lowest BCUT2D eigenvalue weighted by molar-refractivity contribution is 1.12. The average molecular weight is 95.1 g/mol. The monoisotopic (exact) mass is 95.1 g/mol. The van der Waals surface area contributed by atoms with Gasteiger partial charge in [0.1, 0.15) is 0 Å². The van der Waals surface area contributed by atoms with Gasteiger partial charge in [-0.3, -0.25) is 9.97 Å². The maximum absolute atomic E-state index is 3.92. The van der Waals surface area contributed by atoms with Gasteiger partial charge in [0.2, 0.25) is 0 Å². The third-order valence-corrected chi connectivity index (χ3v) is 0.692. The molecule has 0 bridgehead atoms. The van der Waals surface area contributed by atoms with Crippen molar-refractivity contribution in [2.24, 2.45) is 0 Å². The van der Waals surface area contributed by atoms with Crippen LogP contribution in [0.5, 0.6) is 0 Å². The second kappa shape index (κ2) is 1.69. The predicted octanol–water partition coefficient (Wildman–Crippen LogP) is 0.898. The van der Waals surface area contributed by atoms with E-state index in [1.165, 1.54) is 0 Å². The number of hydrogen-bond donors (Lipinski definition) is 0. The Balaban J connectivity index is 0.000000490. The summed E-state index contributed by atoms with van der Waals surface area (Å²) >= 11 is 0. The molecule has 0 spiro atoms. The van der Waals surface area contributed by atoms with Gasteiger partial charge in [0, 0.05) is 18.6 Å². The number of hydrogen-bond acceptors (Lipinski definition) is 2. The normalized spacial score (nSPS) is 8.71. The maximum Gasteiger partial charge on any atom is 1.00 e. The molecule has 1 aromatic rings. The van der Waals surface area contributed by atoms with Crippen molar-refractivity contribution in [3.05, 3.63) is 24.3 Å². The van der Waals surface area contributed by atoms with Crippen molar-refractivity contribution in [2.45, 2.75) is 6.92 Å². The first kappa shape index (κ1) is 4.24. The van der Waals surface area contributed by atoms with Crippen LogP contribution in [0, 0.1) is 6.92 Å². The fourth-order valence-corrected chi connectivity index (χ4v) is 0.374. The Morgan fingerprint density at radius 2 is 2.43 bits per heavy atom. The summed E-state index contributed by atoms with van der Waals surface area (Å²) in [4.78, 5) is 7.74. The summed E-state index contributed by atoms with van der Waals surface area (Å²) in [5, 5.41) is 0. The Labute approximate surface area is 43.7 Å². The summed E-state index contributed by atoms with van der Waals surface area (Å²) in [5.74, 6) is 0. The molecule has 2 nitrogen and oxygen atoms in total. The van der Waals surface area contributed by atoms with Gasteiger partial charge in [0.05, 0.1) is 5.69 Å². The highest BCUT2D eigenvalue weighted by Gasteiger charge is 1.74. The molecule has 0 aliphatic rings. The van der Waals surface area contributed by atoms with E-state index in [0.29, 0.717) is 0 Å². The fourth-order valence-electron chi connectivity index (χ4n) is 0.374. The van der Waals surface area contributed by atoms with E-state index in [0.717, 1.165) is 5.69 Å². The Hall–Kier alpha value is -0.920. The molecule has 1 heterocycles. The number of aryl methyl sites for hydroxylation is 1. The maximum atomic E-state index is 3.92. The topological polar surface area (TPSA) is 25.8 Å². The zero-order chi connectivity index (χ0) is 5.11. The van der Waals surface area contributed by atoms with E-state index in [9.17, 15) is 0 Å². The average Bonchev–Trinajstić information content (AvgIpc) is 1.69. The van der Waals surface area contributed by atoms with Gasteiger partial charge < -0.3 is 0 Å². The molecular weight excluding hydrogens is 88.1 g/mol. The third-order valence-electron chi connectivity index (χ3n) is 0.692. The van der Waals surface area contributed by atoms with Crippen LogP contribution < -0.4 is 0 Å². The van der Waals surface area contributed by atoms with E-state index in [1.54, 1.807) is 18.6 Å². The highest BCUT2D eigenvalue weighted by Crippen LogP contribution is 1.81. The first-order valence-corrected chi connectivity index (χ1v) is 2.12. The van der Waals surface area contributed by atoms with Crippen LogP contribution in [-0.4, -0.2) is 9.97 Å². The molecule has 0 fully saturated rings. The first-order chi connectivity index (χ1) is 3.39. The second-order valence-electron chi connectivity index (χ2n) is 1.35. The molecule has 0 aliphatic carbocycles. The summed E-state index contributed by atoms with van der Waals surface area (Å²) in [6.07, 6.45) is 5.06. The van der Waals surface area contributed by atoms with Crippen molar-refractivity contribution >= 4 is 0 Å². The minimum absolute atomic E-state index is 0. The van der Waals surface area contributed by atoms with Crippen molar-refractivity contribution in [1.29, 1.82) is 0 Å². The highest BCUT2D eigenvalue weighted by molar-refractivity contribution is 4.88. The van der Waals surface area contributed by atoms with Crippen LogP contribution in [0.15, 0.2) is 18.6 Å². The summed E-state index contributed by atoms with van der Waals surface area (Å²) in [5.41, 5.74) is 0.961. The smallest absolute Gasteiger partial charge is 0.261 e. The molecule has 0 saturated carbocycles. The van der Waals surface area contributed by atoms with Crippen LogP contribution in [0.25, 0.3) is 0 Å². The van der Waals surface area contributed by atoms with Crippen molar-refractivity contribution in [3.63, 3.8) is 0 Å². The predicted molar refractivity (Wildman–Crippen MR) is 27.9 cm³/mol. The third kappa shape index (κ3) is 0.961. The molecule has 0 atom stereocenters. The Bertz CT molecular complexity index is 140. The summed E-state index contributed by atoms with van der Waals surface area (Å²) in [6.45, 7) is 1.91. The van der Waals surface area contributed by atoms with Crippen LogP contribution in [0.4, 0.5) is 0 Å². The number of aromatic nitrogens is 2. The van der Waals surface area contributed by atoms with Gasteiger partial charge in [-0.1, -0.05) is 0 Å². The lowest BCUT2D eigenvalue weighted by Crippen LogP contribution is -1.77. The van der Waals surface area contributed by atoms with Crippen molar-refractivity contribution in [3.8, 4) is 0 Å². The van der Waals surface area contributed by atoms with E-state index >= 15 is 0 Å². The Kier molecular flexibility index (Phi) is 1.02. The van der Waals surface area contributed by atoms with Gasteiger partial charge in [-0.2, -0.15) is 0 Å². The van der Waals surface area contributed by atoms with Gasteiger partial charge in [-0.15, -0.1) is 0 Å². The fraction of sp³-hybridized carbons (Fsp3) is 0.200. The summed E-state index contributed by atoms with van der Waals surface area (Å²) in [6, 6.07) is 0. The lowest BCUT2D eigenvalue weighted by Gasteiger charge is -1.81. The minimum atomic E-state index is 0. The van der Waals surface area contributed by atoms with Gasteiger partial charge >= 0.3 is 1.43 Å². The van der Waals surface area contributed by atoms with Crippen molar-refractivity contribution in [2.75, 3.05) is 0 Å². The molecule has 0 aromatic carbocycles. The van der Waals surface area contributed by atoms with E-state index in [1.807, 2.05) is 6.92 Å². The number of nitrogens with zero attached hydrogens (tertiary/aromatic N) is 2. The SMILES string of the molecule is Cc1cnccn1.[H+]. The zero-order valence-corrected chi connectivity index (χ0v) is 4.13. The molecule has 0 amide bonds. The molecule has 0 saturated heterocycles. The molecule has 1 aromatic heterocycles. The summed E-state index contributed by atoms with van der Waals surface area (Å²) in [7, 11) is 0. The van der Waals surface area contributed by atoms with Crippen LogP contribution >= 0.6 is 0 Å². The summed E-state index contributed by atoms with van der Waals surface area (Å²) < 4.78 is 0. The number of rotatable bonds is 0. The molecule has 1 rings (SSSR count). The second-order valence-corrected chi connectivity index (χ2v) is 1.35. The molecule has 36 valence electrons. The zero-order valence-electron chi connectivity index (χ0n) is 5.13. The van der Waals surface area contributed by atoms with E-state index in [2.05, 4.69) is 9.97 Å². The first-order valence-electron chi connectivity index (χ1n) is 2.12. The van der Waals surface area contributed by atoms with Crippen LogP contribution in [-0.2, 0) is 0 Å². The van der Waals surface area contributed by atoms with Crippen LogP contribution in [0.3, 0.4) is 0 Å². The van der Waals surface area contributed by atoms with Crippen molar-refractivity contribution < 1.29 is 1.43 Å². The van der Waals surface area contributed by atoms with Gasteiger partial charge in [0.15, 0.2) is 0 Å². The Morgan fingerprint density at radius 1 is 1.57 bits per heavy atom. The standard InChI is InChI=1S/C5H6N2/c1-5-4-6-2-3-7-5/h2-4H,1H3/p+1. The van der Waals surface area contributed by atoms with Gasteiger partial charge in [-0.05, 0) is 6.92 Å². The van der Waals surface area contributed by atoms with Crippen LogP contribution in [0.2, 0.25) is 0 Å². The minimum Gasteiger partial charge on any atom is -0.261 e. The molecular formula is C5H7N2+. The van der Waals surface area contributed by atoms with E-state index < -0.39 is 0 Å². The quantitative estimate of drug-likeness (QED) is 0.478. The molecule has 0 aliphatic heterocycles. The highest BCUT2D eigenvalue weighted by atomic mass is 14.7. The molecule has 0 unspecified atom stereocenters. The lowest BCUT2D eigenvalue weighted by atomic mass is 10.5. The molecule has 0 N–H and O–H groups in total. The van der Waals surface area contributed by atoms with Crippen molar-refractivity contribution in [1.82, 2.24) is 9.97 Å². The van der Waals surface area contributed by atoms with Gasteiger partial charge in [0.25, 0.3) is 0 Å². The molecule has 2 heteroatoms. The molecule has 7 heavy (non-hydrogen) atoms.